The number of nitrogens with one attached hydrogen (secondary N) is 2. The quantitative estimate of drug-likeness (QED) is 0.621. The van der Waals surface area contributed by atoms with Crippen LogP contribution in [0.2, 0.25) is 0 Å². The maximum Gasteiger partial charge on any atom is 0.405 e. The van der Waals surface area contributed by atoms with E-state index in [0.717, 1.165) is 49.3 Å². The Hall–Kier alpha value is -2.30. The van der Waals surface area contributed by atoms with Gasteiger partial charge in [0.25, 0.3) is 12.3 Å². The van der Waals surface area contributed by atoms with Crippen molar-refractivity contribution in [3.8, 4) is 10.4 Å². The smallest absolute Gasteiger partial charge is 0.361 e. The molecule has 1 amide bonds. The fraction of sp³-hybridized carbons (Fsp3) is 0.500. The van der Waals surface area contributed by atoms with Crippen LogP contribution < -0.4 is 10.6 Å². The normalized spacial score (nSPS) is 15.1. The number of nitrogens with zero attached hydrogens (tertiary/aromatic N) is 2. The van der Waals surface area contributed by atoms with E-state index in [1.165, 1.54) is 0 Å². The summed E-state index contributed by atoms with van der Waals surface area (Å²) in [4.78, 5) is 20.7. The molecule has 0 aliphatic heterocycles. The first-order valence-electron chi connectivity index (χ1n) is 9.01. The highest BCUT2D eigenvalue weighted by Crippen LogP contribution is 2.37. The molecular weight excluding hydrogens is 415 g/mol. The van der Waals surface area contributed by atoms with Crippen LogP contribution in [0.4, 0.5) is 27.8 Å². The molecule has 1 saturated carbocycles. The Kier molecular flexibility index (Phi) is 6.35. The molecule has 1 fully saturated rings. The lowest BCUT2D eigenvalue weighted by Gasteiger charge is -2.12. The largest absolute Gasteiger partial charge is 0.405 e. The van der Waals surface area contributed by atoms with Gasteiger partial charge in [0.1, 0.15) is 12.4 Å². The van der Waals surface area contributed by atoms with E-state index in [0.29, 0.717) is 10.6 Å². The lowest BCUT2D eigenvalue weighted by Crippen LogP contribution is -2.32. The van der Waals surface area contributed by atoms with Crippen LogP contribution in [0, 0.1) is 6.92 Å². The van der Waals surface area contributed by atoms with Gasteiger partial charge in [-0.3, -0.25) is 4.79 Å². The summed E-state index contributed by atoms with van der Waals surface area (Å²) in [6, 6.07) is 0.982. The van der Waals surface area contributed by atoms with Crippen molar-refractivity contribution < 1.29 is 26.7 Å². The van der Waals surface area contributed by atoms with E-state index in [2.05, 4.69) is 15.3 Å². The Balaban J connectivity index is 1.85. The Labute approximate surface area is 167 Å². The molecule has 1 aliphatic carbocycles. The van der Waals surface area contributed by atoms with E-state index in [-0.39, 0.29) is 28.3 Å². The third-order valence-corrected chi connectivity index (χ3v) is 5.76. The minimum Gasteiger partial charge on any atom is -0.361 e. The molecule has 0 spiro atoms. The summed E-state index contributed by atoms with van der Waals surface area (Å²) >= 11 is 0.962. The maximum atomic E-state index is 13.6. The monoisotopic (exact) mass is 434 g/mol. The number of amides is 1. The molecule has 2 aromatic heterocycles. The fourth-order valence-electron chi connectivity index (χ4n) is 3.19. The Bertz CT molecular complexity index is 878. The molecule has 2 aromatic rings. The molecule has 11 heteroatoms. The van der Waals surface area contributed by atoms with E-state index >= 15 is 0 Å². The zero-order chi connectivity index (χ0) is 21.2. The average molecular weight is 434 g/mol. The first-order valence-corrected chi connectivity index (χ1v) is 9.83. The number of aryl methyl sites for hydroxylation is 1. The van der Waals surface area contributed by atoms with Crippen molar-refractivity contribution in [1.82, 2.24) is 15.3 Å². The van der Waals surface area contributed by atoms with Gasteiger partial charge in [-0.15, -0.1) is 11.3 Å². The van der Waals surface area contributed by atoms with Crippen molar-refractivity contribution >= 4 is 23.1 Å². The molecule has 29 heavy (non-hydrogen) atoms. The second kappa shape index (κ2) is 8.60. The first kappa shape index (κ1) is 21.4. The zero-order valence-electron chi connectivity index (χ0n) is 15.4. The SMILES string of the molecule is Cc1nc(C(=O)NC2CCCC2)sc1-c1cnc(NCC(F)(F)F)cc1C(F)F. The van der Waals surface area contributed by atoms with Crippen molar-refractivity contribution in [2.75, 3.05) is 11.9 Å². The summed E-state index contributed by atoms with van der Waals surface area (Å²) in [6.07, 6.45) is -2.46. The summed E-state index contributed by atoms with van der Waals surface area (Å²) in [7, 11) is 0. The van der Waals surface area contributed by atoms with E-state index in [1.807, 2.05) is 5.32 Å². The van der Waals surface area contributed by atoms with E-state index in [9.17, 15) is 26.7 Å². The second-order valence-corrected chi connectivity index (χ2v) is 7.81. The van der Waals surface area contributed by atoms with E-state index in [4.69, 9.17) is 0 Å². The van der Waals surface area contributed by atoms with Crippen molar-refractivity contribution in [3.05, 3.63) is 28.5 Å². The summed E-state index contributed by atoms with van der Waals surface area (Å²) in [6.45, 7) is 0.205. The number of hydrogen-bond donors (Lipinski definition) is 2. The number of pyridine rings is 1. The van der Waals surface area contributed by atoms with Crippen LogP contribution in [0.1, 0.15) is 53.2 Å². The van der Waals surface area contributed by atoms with Crippen molar-refractivity contribution in [1.29, 1.82) is 0 Å². The number of anilines is 1. The van der Waals surface area contributed by atoms with Crippen LogP contribution in [-0.2, 0) is 0 Å². The summed E-state index contributed by atoms with van der Waals surface area (Å²) in [5.74, 6) is -0.658. The highest BCUT2D eigenvalue weighted by molar-refractivity contribution is 7.17. The molecular formula is C18H19F5N4OS. The van der Waals surface area contributed by atoms with Crippen LogP contribution in [0.3, 0.4) is 0 Å². The second-order valence-electron chi connectivity index (χ2n) is 6.81. The first-order chi connectivity index (χ1) is 13.6. The van der Waals surface area contributed by atoms with E-state index < -0.39 is 24.7 Å². The van der Waals surface area contributed by atoms with Gasteiger partial charge >= 0.3 is 6.18 Å². The number of rotatable bonds is 6. The minimum absolute atomic E-state index is 0.0486. The topological polar surface area (TPSA) is 66.9 Å². The van der Waals surface area contributed by atoms with Crippen LogP contribution in [0.25, 0.3) is 10.4 Å². The number of aromatic nitrogens is 2. The molecule has 2 N–H and O–H groups in total. The molecule has 0 aromatic carbocycles. The molecule has 0 atom stereocenters. The van der Waals surface area contributed by atoms with E-state index in [1.54, 1.807) is 6.92 Å². The minimum atomic E-state index is -4.50. The molecule has 158 valence electrons. The van der Waals surface area contributed by atoms with Gasteiger partial charge < -0.3 is 10.6 Å². The van der Waals surface area contributed by atoms with Gasteiger partial charge in [0.2, 0.25) is 0 Å². The highest BCUT2D eigenvalue weighted by Gasteiger charge is 2.28. The van der Waals surface area contributed by atoms with Crippen LogP contribution in [0.5, 0.6) is 0 Å². The van der Waals surface area contributed by atoms with Gasteiger partial charge in [-0.25, -0.2) is 18.7 Å². The number of halogens is 5. The predicted molar refractivity (Wildman–Crippen MR) is 99.3 cm³/mol. The van der Waals surface area contributed by atoms with Gasteiger partial charge in [-0.05, 0) is 25.8 Å². The molecule has 0 unspecified atom stereocenters. The van der Waals surface area contributed by atoms with Gasteiger partial charge in [0, 0.05) is 23.4 Å². The Morgan fingerprint density at radius 1 is 1.31 bits per heavy atom. The molecule has 5 nitrogen and oxygen atoms in total. The number of carbonyl (C=O) groups excluding carboxylic acids is 1. The number of hydrogen-bond acceptors (Lipinski definition) is 5. The third kappa shape index (κ3) is 5.40. The molecule has 2 heterocycles. The lowest BCUT2D eigenvalue weighted by atomic mass is 10.1. The summed E-state index contributed by atoms with van der Waals surface area (Å²) < 4.78 is 64.1. The van der Waals surface area contributed by atoms with Gasteiger partial charge in [-0.1, -0.05) is 12.8 Å². The fourth-order valence-corrected chi connectivity index (χ4v) is 4.19. The maximum absolute atomic E-state index is 13.6. The Morgan fingerprint density at radius 3 is 2.62 bits per heavy atom. The van der Waals surface area contributed by atoms with Crippen molar-refractivity contribution in [3.63, 3.8) is 0 Å². The Morgan fingerprint density at radius 2 is 2.00 bits per heavy atom. The summed E-state index contributed by atoms with van der Waals surface area (Å²) in [5.41, 5.74) is -0.0436. The van der Waals surface area contributed by atoms with Crippen LogP contribution in [-0.4, -0.2) is 34.6 Å². The average Bonchev–Trinajstić information content (AvgIpc) is 3.28. The molecule has 1 aliphatic rings. The molecule has 0 saturated heterocycles. The molecule has 3 rings (SSSR count). The van der Waals surface area contributed by atoms with Gasteiger partial charge in [0.15, 0.2) is 5.01 Å². The lowest BCUT2D eigenvalue weighted by molar-refractivity contribution is -0.115. The number of alkyl halides is 5. The van der Waals surface area contributed by atoms with Crippen molar-refractivity contribution in [2.45, 2.75) is 51.3 Å². The van der Waals surface area contributed by atoms with Crippen LogP contribution >= 0.6 is 11.3 Å². The van der Waals surface area contributed by atoms with Crippen molar-refractivity contribution in [2.24, 2.45) is 0 Å². The van der Waals surface area contributed by atoms with Crippen LogP contribution in [0.15, 0.2) is 12.3 Å². The van der Waals surface area contributed by atoms with Gasteiger partial charge in [0.05, 0.1) is 10.6 Å². The standard InChI is InChI=1S/C18H19F5N4OS/c1-9-14(29-17(26-9)16(28)27-10-4-2-3-5-10)12-7-24-13(6-11(12)15(19)20)25-8-18(21,22)23/h6-7,10,15H,2-5,8H2,1H3,(H,24,25)(H,27,28). The number of carbonyl (C=O) groups is 1. The zero-order valence-corrected chi connectivity index (χ0v) is 16.3. The molecule has 0 radical (unpaired) electrons. The summed E-state index contributed by atoms with van der Waals surface area (Å²) in [5, 5.41) is 5.04. The predicted octanol–water partition coefficient (Wildman–Crippen LogP) is 5.10. The number of thiazole rings is 1. The third-order valence-electron chi connectivity index (χ3n) is 4.57. The molecule has 0 bridgehead atoms. The van der Waals surface area contributed by atoms with Gasteiger partial charge in [-0.2, -0.15) is 13.2 Å². The highest BCUT2D eigenvalue weighted by atomic mass is 32.1.